The van der Waals surface area contributed by atoms with Crippen molar-refractivity contribution in [2.24, 2.45) is 0 Å². The van der Waals surface area contributed by atoms with Crippen LogP contribution in [0.5, 0.6) is 5.75 Å². The molecule has 3 aromatic rings. The minimum Gasteiger partial charge on any atom is -0.497 e. The fourth-order valence-electron chi connectivity index (χ4n) is 3.84. The van der Waals surface area contributed by atoms with E-state index in [2.05, 4.69) is 4.98 Å². The molecule has 1 unspecified atom stereocenters. The zero-order valence-corrected chi connectivity index (χ0v) is 16.3. The van der Waals surface area contributed by atoms with E-state index < -0.39 is 0 Å². The van der Waals surface area contributed by atoms with Gasteiger partial charge in [0.15, 0.2) is 0 Å². The molecule has 5 heteroatoms. The van der Waals surface area contributed by atoms with Crippen LogP contribution in [0.2, 0.25) is 0 Å². The molecule has 1 amide bonds. The molecule has 2 aromatic carbocycles. The van der Waals surface area contributed by atoms with Crippen LogP contribution in [-0.2, 0) is 0 Å². The van der Waals surface area contributed by atoms with E-state index in [9.17, 15) is 9.18 Å². The van der Waals surface area contributed by atoms with Crippen LogP contribution in [-0.4, -0.2) is 29.4 Å². The number of rotatable bonds is 4. The number of aromatic nitrogens is 1. The summed E-state index contributed by atoms with van der Waals surface area (Å²) in [7, 11) is 1.64. The van der Waals surface area contributed by atoms with E-state index >= 15 is 0 Å². The highest BCUT2D eigenvalue weighted by Crippen LogP contribution is 2.33. The van der Waals surface area contributed by atoms with Gasteiger partial charge in [0.25, 0.3) is 5.91 Å². The van der Waals surface area contributed by atoms with Gasteiger partial charge in [0.05, 0.1) is 18.8 Å². The van der Waals surface area contributed by atoms with Gasteiger partial charge >= 0.3 is 0 Å². The molecule has 1 saturated heterocycles. The number of piperidine rings is 1. The molecule has 148 valence electrons. The Balaban J connectivity index is 1.58. The number of ether oxygens (including phenoxy) is 1. The van der Waals surface area contributed by atoms with Crippen LogP contribution in [0.25, 0.3) is 11.3 Å². The Bertz CT molecular complexity index is 987. The number of hydrogen-bond donors (Lipinski definition) is 0. The van der Waals surface area contributed by atoms with Crippen molar-refractivity contribution in [2.45, 2.75) is 25.3 Å². The molecule has 29 heavy (non-hydrogen) atoms. The highest BCUT2D eigenvalue weighted by Gasteiger charge is 2.29. The molecule has 1 aliphatic rings. The first-order valence-corrected chi connectivity index (χ1v) is 9.82. The number of benzene rings is 2. The zero-order valence-electron chi connectivity index (χ0n) is 16.3. The number of methoxy groups -OCH3 is 1. The molecule has 4 rings (SSSR count). The third kappa shape index (κ3) is 4.14. The second kappa shape index (κ2) is 8.43. The third-order valence-electron chi connectivity index (χ3n) is 5.39. The fraction of sp³-hybridized carbons (Fsp3) is 0.250. The molecule has 0 radical (unpaired) electrons. The monoisotopic (exact) mass is 390 g/mol. The number of carbonyl (C=O) groups excluding carboxylic acids is 1. The molecule has 0 bridgehead atoms. The van der Waals surface area contributed by atoms with Gasteiger partial charge in [0.2, 0.25) is 0 Å². The van der Waals surface area contributed by atoms with Crippen molar-refractivity contribution in [3.05, 3.63) is 83.8 Å². The van der Waals surface area contributed by atoms with Crippen molar-refractivity contribution in [1.82, 2.24) is 9.88 Å². The van der Waals surface area contributed by atoms with Gasteiger partial charge in [-0.05, 0) is 67.3 Å². The maximum atomic E-state index is 13.2. The Kier molecular flexibility index (Phi) is 5.56. The quantitative estimate of drug-likeness (QED) is 0.610. The average molecular weight is 390 g/mol. The number of halogens is 1. The van der Waals surface area contributed by atoms with Gasteiger partial charge in [0.1, 0.15) is 11.6 Å². The smallest absolute Gasteiger partial charge is 0.254 e. The molecule has 0 saturated carbocycles. The first-order chi connectivity index (χ1) is 14.2. The summed E-state index contributed by atoms with van der Waals surface area (Å²) in [6, 6.07) is 17.6. The molecule has 1 aromatic heterocycles. The van der Waals surface area contributed by atoms with Gasteiger partial charge in [0, 0.05) is 23.9 Å². The molecule has 4 nitrogen and oxygen atoms in total. The van der Waals surface area contributed by atoms with Crippen molar-refractivity contribution in [3.8, 4) is 17.0 Å². The average Bonchev–Trinajstić information content (AvgIpc) is 2.79. The Morgan fingerprint density at radius 2 is 1.93 bits per heavy atom. The van der Waals surface area contributed by atoms with Gasteiger partial charge in [-0.3, -0.25) is 9.78 Å². The van der Waals surface area contributed by atoms with Crippen LogP contribution in [0, 0.1) is 5.82 Å². The van der Waals surface area contributed by atoms with E-state index in [-0.39, 0.29) is 17.8 Å². The van der Waals surface area contributed by atoms with Gasteiger partial charge in [-0.25, -0.2) is 4.39 Å². The summed E-state index contributed by atoms with van der Waals surface area (Å²) in [4.78, 5) is 19.5. The number of amides is 1. The highest BCUT2D eigenvalue weighted by molar-refractivity contribution is 5.94. The van der Waals surface area contributed by atoms with Crippen molar-refractivity contribution in [2.75, 3.05) is 13.7 Å². The lowest BCUT2D eigenvalue weighted by Gasteiger charge is -2.36. The Labute approximate surface area is 170 Å². The van der Waals surface area contributed by atoms with Crippen LogP contribution in [0.15, 0.2) is 66.9 Å². The largest absolute Gasteiger partial charge is 0.497 e. The SMILES string of the molecule is COc1cccc(-c2ccc(C3CCCCN3C(=O)c3ccc(F)cc3)cn2)c1. The summed E-state index contributed by atoms with van der Waals surface area (Å²) >= 11 is 0. The standard InChI is InChI=1S/C24H23FN2O2/c1-29-21-6-4-5-18(15-21)22-13-10-19(16-26-22)23-7-2-3-14-27(23)24(28)17-8-11-20(25)12-9-17/h4-6,8-13,15-16,23H,2-3,7,14H2,1H3. The van der Waals surface area contributed by atoms with Gasteiger partial charge in [-0.15, -0.1) is 0 Å². The molecule has 1 atom stereocenters. The van der Waals surface area contributed by atoms with Crippen LogP contribution in [0.4, 0.5) is 4.39 Å². The molecule has 2 heterocycles. The van der Waals surface area contributed by atoms with Gasteiger partial charge in [-0.2, -0.15) is 0 Å². The van der Waals surface area contributed by atoms with Crippen molar-refractivity contribution in [3.63, 3.8) is 0 Å². The first-order valence-electron chi connectivity index (χ1n) is 9.82. The Morgan fingerprint density at radius 3 is 2.66 bits per heavy atom. The summed E-state index contributed by atoms with van der Waals surface area (Å²) in [5, 5.41) is 0. The van der Waals surface area contributed by atoms with Crippen LogP contribution in [0.1, 0.15) is 41.2 Å². The second-order valence-electron chi connectivity index (χ2n) is 7.23. The first kappa shape index (κ1) is 19.1. The van der Waals surface area contributed by atoms with E-state index in [4.69, 9.17) is 4.74 Å². The van der Waals surface area contributed by atoms with Gasteiger partial charge < -0.3 is 9.64 Å². The Hall–Kier alpha value is -3.21. The van der Waals surface area contributed by atoms with Crippen molar-refractivity contribution < 1.29 is 13.9 Å². The number of hydrogen-bond acceptors (Lipinski definition) is 3. The van der Waals surface area contributed by atoms with E-state index in [0.717, 1.165) is 41.8 Å². The van der Waals surface area contributed by atoms with Crippen LogP contribution in [0.3, 0.4) is 0 Å². The van der Waals surface area contributed by atoms with Crippen molar-refractivity contribution in [1.29, 1.82) is 0 Å². The van der Waals surface area contributed by atoms with E-state index in [0.29, 0.717) is 12.1 Å². The molecule has 0 spiro atoms. The van der Waals surface area contributed by atoms with E-state index in [1.54, 1.807) is 19.2 Å². The number of pyridine rings is 1. The fourth-order valence-corrected chi connectivity index (χ4v) is 3.84. The summed E-state index contributed by atoms with van der Waals surface area (Å²) in [6.07, 6.45) is 4.79. The molecule has 1 aliphatic heterocycles. The number of carbonyl (C=O) groups is 1. The lowest BCUT2D eigenvalue weighted by molar-refractivity contribution is 0.0611. The summed E-state index contributed by atoms with van der Waals surface area (Å²) < 4.78 is 18.5. The third-order valence-corrected chi connectivity index (χ3v) is 5.39. The summed E-state index contributed by atoms with van der Waals surface area (Å²) in [5.41, 5.74) is 3.38. The highest BCUT2D eigenvalue weighted by atomic mass is 19.1. The van der Waals surface area contributed by atoms with Crippen LogP contribution < -0.4 is 4.74 Å². The number of nitrogens with zero attached hydrogens (tertiary/aromatic N) is 2. The molecular formula is C24H23FN2O2. The molecule has 0 N–H and O–H groups in total. The lowest BCUT2D eigenvalue weighted by atomic mass is 9.95. The normalized spacial score (nSPS) is 16.5. The maximum Gasteiger partial charge on any atom is 0.254 e. The number of likely N-dealkylation sites (tertiary alicyclic amines) is 1. The second-order valence-corrected chi connectivity index (χ2v) is 7.23. The summed E-state index contributed by atoms with van der Waals surface area (Å²) in [6.45, 7) is 0.693. The predicted molar refractivity (Wildman–Crippen MR) is 110 cm³/mol. The van der Waals surface area contributed by atoms with E-state index in [1.807, 2.05) is 47.5 Å². The molecule has 1 fully saturated rings. The zero-order chi connectivity index (χ0) is 20.2. The minimum atomic E-state index is -0.339. The predicted octanol–water partition coefficient (Wildman–Crippen LogP) is 5.26. The molecular weight excluding hydrogens is 367 g/mol. The van der Waals surface area contributed by atoms with Crippen LogP contribution >= 0.6 is 0 Å². The maximum absolute atomic E-state index is 13.2. The lowest BCUT2D eigenvalue weighted by Crippen LogP contribution is -2.38. The molecule has 0 aliphatic carbocycles. The topological polar surface area (TPSA) is 42.4 Å². The summed E-state index contributed by atoms with van der Waals surface area (Å²) in [5.74, 6) is 0.386. The Morgan fingerprint density at radius 1 is 1.10 bits per heavy atom. The minimum absolute atomic E-state index is 0.0202. The van der Waals surface area contributed by atoms with Gasteiger partial charge in [-0.1, -0.05) is 18.2 Å². The van der Waals surface area contributed by atoms with E-state index in [1.165, 1.54) is 12.1 Å². The van der Waals surface area contributed by atoms with Crippen molar-refractivity contribution >= 4 is 5.91 Å².